The summed E-state index contributed by atoms with van der Waals surface area (Å²) in [7, 11) is 2.55. The highest BCUT2D eigenvalue weighted by atomic mass is 35.7. The molecule has 16 heavy (non-hydrogen) atoms. The van der Waals surface area contributed by atoms with Gasteiger partial charge in [-0.1, -0.05) is 0 Å². The highest BCUT2D eigenvalue weighted by Crippen LogP contribution is 2.28. The lowest BCUT2D eigenvalue weighted by molar-refractivity contribution is 0.378. The fourth-order valence-electron chi connectivity index (χ4n) is 1.21. The number of phenolic OH excluding ortho intramolecular Hbond substituents is 1. The quantitative estimate of drug-likeness (QED) is 0.844. The molecule has 0 unspecified atom stereocenters. The van der Waals surface area contributed by atoms with Crippen molar-refractivity contribution in [3.8, 4) is 11.5 Å². The van der Waals surface area contributed by atoms with Crippen LogP contribution in [0.3, 0.4) is 0 Å². The van der Waals surface area contributed by atoms with Gasteiger partial charge in [0.05, 0.1) is 12.9 Å². The maximum Gasteiger partial charge on any atom is 0.232 e. The molecule has 4 nitrogen and oxygen atoms in total. The van der Waals surface area contributed by atoms with Crippen LogP contribution in [-0.2, 0) is 15.5 Å². The first-order chi connectivity index (χ1) is 7.35. The second-order valence-corrected chi connectivity index (χ2v) is 5.97. The van der Waals surface area contributed by atoms with E-state index in [2.05, 4.69) is 0 Å². The second kappa shape index (κ2) is 4.88. The molecule has 0 aliphatic carbocycles. The van der Waals surface area contributed by atoms with Gasteiger partial charge >= 0.3 is 0 Å². The largest absolute Gasteiger partial charge is 0.508 e. The van der Waals surface area contributed by atoms with Gasteiger partial charge < -0.3 is 9.84 Å². The van der Waals surface area contributed by atoms with Crippen molar-refractivity contribution in [2.24, 2.45) is 0 Å². The Morgan fingerprint density at radius 3 is 2.62 bits per heavy atom. The monoisotopic (exact) mass is 268 g/mol. The molecular formula is C9H10ClFO4S. The molecule has 0 fully saturated rings. The first-order valence-electron chi connectivity index (χ1n) is 4.32. The molecule has 1 N–H and O–H groups in total. The van der Waals surface area contributed by atoms with Crippen molar-refractivity contribution in [3.05, 3.63) is 23.5 Å². The Balaban J connectivity index is 3.03. The van der Waals surface area contributed by atoms with Gasteiger partial charge in [-0.2, -0.15) is 0 Å². The predicted octanol–water partition coefficient (Wildman–Crippen LogP) is 1.65. The van der Waals surface area contributed by atoms with Crippen LogP contribution in [0.2, 0.25) is 0 Å². The SMILES string of the molecule is COc1ccc(O)c(CCS(=O)(=O)Cl)c1F. The third kappa shape index (κ3) is 3.24. The highest BCUT2D eigenvalue weighted by molar-refractivity contribution is 8.13. The van der Waals surface area contributed by atoms with Gasteiger partial charge in [-0.05, 0) is 18.6 Å². The van der Waals surface area contributed by atoms with Crippen molar-refractivity contribution in [1.29, 1.82) is 0 Å². The lowest BCUT2D eigenvalue weighted by Crippen LogP contribution is -2.04. The van der Waals surface area contributed by atoms with Gasteiger partial charge in [0.2, 0.25) is 9.05 Å². The first kappa shape index (κ1) is 13.1. The lowest BCUT2D eigenvalue weighted by atomic mass is 10.1. The molecule has 1 aromatic rings. The van der Waals surface area contributed by atoms with Crippen molar-refractivity contribution in [2.75, 3.05) is 12.9 Å². The van der Waals surface area contributed by atoms with Crippen LogP contribution in [-0.4, -0.2) is 26.4 Å². The van der Waals surface area contributed by atoms with E-state index >= 15 is 0 Å². The zero-order chi connectivity index (χ0) is 12.3. The van der Waals surface area contributed by atoms with E-state index in [1.165, 1.54) is 19.2 Å². The van der Waals surface area contributed by atoms with Gasteiger partial charge in [0.15, 0.2) is 11.6 Å². The highest BCUT2D eigenvalue weighted by Gasteiger charge is 2.16. The number of hydrogen-bond donors (Lipinski definition) is 1. The van der Waals surface area contributed by atoms with E-state index in [0.29, 0.717) is 0 Å². The summed E-state index contributed by atoms with van der Waals surface area (Å²) in [6.45, 7) is 0. The molecule has 0 heterocycles. The topological polar surface area (TPSA) is 63.6 Å². The minimum Gasteiger partial charge on any atom is -0.508 e. The van der Waals surface area contributed by atoms with Gasteiger partial charge in [-0.25, -0.2) is 12.8 Å². The van der Waals surface area contributed by atoms with Crippen LogP contribution >= 0.6 is 10.7 Å². The average Bonchev–Trinajstić information content (AvgIpc) is 2.16. The molecule has 0 atom stereocenters. The molecule has 1 aromatic carbocycles. The van der Waals surface area contributed by atoms with Crippen LogP contribution in [0.1, 0.15) is 5.56 Å². The minimum atomic E-state index is -3.72. The van der Waals surface area contributed by atoms with E-state index in [4.69, 9.17) is 15.4 Å². The van der Waals surface area contributed by atoms with Crippen molar-refractivity contribution in [2.45, 2.75) is 6.42 Å². The van der Waals surface area contributed by atoms with Crippen LogP contribution in [0.25, 0.3) is 0 Å². The molecule has 0 spiro atoms. The normalized spacial score (nSPS) is 11.4. The smallest absolute Gasteiger partial charge is 0.232 e. The number of benzene rings is 1. The summed E-state index contributed by atoms with van der Waals surface area (Å²) >= 11 is 0. The molecule has 0 saturated heterocycles. The molecule has 0 aliphatic heterocycles. The molecule has 0 aliphatic rings. The van der Waals surface area contributed by atoms with Crippen LogP contribution in [0.5, 0.6) is 11.5 Å². The summed E-state index contributed by atoms with van der Waals surface area (Å²) in [6, 6.07) is 2.49. The van der Waals surface area contributed by atoms with Gasteiger partial charge in [-0.3, -0.25) is 0 Å². The zero-order valence-corrected chi connectivity index (χ0v) is 9.98. The van der Waals surface area contributed by atoms with Crippen molar-refractivity contribution >= 4 is 19.7 Å². The van der Waals surface area contributed by atoms with E-state index < -0.39 is 20.6 Å². The van der Waals surface area contributed by atoms with Gasteiger partial charge in [-0.15, -0.1) is 0 Å². The van der Waals surface area contributed by atoms with Crippen molar-refractivity contribution in [1.82, 2.24) is 0 Å². The number of hydrogen-bond acceptors (Lipinski definition) is 4. The van der Waals surface area contributed by atoms with Crippen LogP contribution in [0, 0.1) is 5.82 Å². The zero-order valence-electron chi connectivity index (χ0n) is 8.41. The fourth-order valence-corrected chi connectivity index (χ4v) is 1.89. The summed E-state index contributed by atoms with van der Waals surface area (Å²) in [4.78, 5) is 0. The predicted molar refractivity (Wildman–Crippen MR) is 58.0 cm³/mol. The Kier molecular flexibility index (Phi) is 3.98. The van der Waals surface area contributed by atoms with E-state index in [9.17, 15) is 17.9 Å². The molecule has 0 saturated carbocycles. The summed E-state index contributed by atoms with van der Waals surface area (Å²) in [5, 5.41) is 9.37. The summed E-state index contributed by atoms with van der Waals surface area (Å²) in [5.41, 5.74) is -0.122. The first-order valence-corrected chi connectivity index (χ1v) is 6.79. The summed E-state index contributed by atoms with van der Waals surface area (Å²) in [6.07, 6.45) is -0.208. The van der Waals surface area contributed by atoms with Gasteiger partial charge in [0.25, 0.3) is 0 Å². The minimum absolute atomic E-state index is 0.0558. The van der Waals surface area contributed by atoms with E-state index in [0.717, 1.165) is 0 Å². The molecule has 7 heteroatoms. The standard InChI is InChI=1S/C9H10ClFO4S/c1-15-8-3-2-7(12)6(9(8)11)4-5-16(10,13)14/h2-3,12H,4-5H2,1H3. The Bertz CT molecular complexity index is 487. The number of methoxy groups -OCH3 is 1. The Labute approximate surface area is 97.0 Å². The van der Waals surface area contributed by atoms with Crippen LogP contribution in [0.4, 0.5) is 4.39 Å². The van der Waals surface area contributed by atoms with E-state index in [-0.39, 0.29) is 23.5 Å². The maximum absolute atomic E-state index is 13.6. The summed E-state index contributed by atoms with van der Waals surface area (Å²) in [5.74, 6) is -1.60. The molecular weight excluding hydrogens is 259 g/mol. The van der Waals surface area contributed by atoms with Crippen molar-refractivity contribution in [3.63, 3.8) is 0 Å². The number of halogens is 2. The second-order valence-electron chi connectivity index (χ2n) is 3.07. The Hall–Kier alpha value is -1.01. The van der Waals surface area contributed by atoms with Gasteiger partial charge in [0, 0.05) is 16.2 Å². The molecule has 0 aromatic heterocycles. The average molecular weight is 269 g/mol. The van der Waals surface area contributed by atoms with Crippen LogP contribution < -0.4 is 4.74 Å². The van der Waals surface area contributed by atoms with E-state index in [1.807, 2.05) is 0 Å². The number of aromatic hydroxyl groups is 1. The molecule has 0 bridgehead atoms. The number of rotatable bonds is 4. The van der Waals surface area contributed by atoms with Crippen LogP contribution in [0.15, 0.2) is 12.1 Å². The molecule has 0 amide bonds. The fraction of sp³-hybridized carbons (Fsp3) is 0.333. The summed E-state index contributed by atoms with van der Waals surface area (Å²) < 4.78 is 39.7. The number of ether oxygens (including phenoxy) is 1. The molecule has 0 radical (unpaired) electrons. The Morgan fingerprint density at radius 2 is 2.12 bits per heavy atom. The molecule has 1 rings (SSSR count). The number of phenols is 1. The van der Waals surface area contributed by atoms with E-state index in [1.54, 1.807) is 0 Å². The van der Waals surface area contributed by atoms with Gasteiger partial charge in [0.1, 0.15) is 5.75 Å². The third-order valence-corrected chi connectivity index (χ3v) is 3.15. The third-order valence-electron chi connectivity index (χ3n) is 2.00. The van der Waals surface area contributed by atoms with Crippen molar-refractivity contribution < 1.29 is 22.7 Å². The Morgan fingerprint density at radius 1 is 1.50 bits per heavy atom. The maximum atomic E-state index is 13.6. The lowest BCUT2D eigenvalue weighted by Gasteiger charge is -2.08. The molecule has 90 valence electrons.